The summed E-state index contributed by atoms with van der Waals surface area (Å²) < 4.78 is 50.3. The first-order chi connectivity index (χ1) is 18.3. The van der Waals surface area contributed by atoms with Gasteiger partial charge in [-0.25, -0.2) is 9.50 Å². The quantitative estimate of drug-likeness (QED) is 0.289. The van der Waals surface area contributed by atoms with E-state index < -0.39 is 11.7 Å². The molecule has 1 N–H and O–H groups in total. The zero-order chi connectivity index (χ0) is 26.4. The Morgan fingerprint density at radius 2 is 1.89 bits per heavy atom. The summed E-state index contributed by atoms with van der Waals surface area (Å²) in [5.41, 5.74) is 1.57. The van der Waals surface area contributed by atoms with Crippen LogP contribution in [-0.4, -0.2) is 47.1 Å². The Kier molecular flexibility index (Phi) is 6.07. The number of anilines is 2. The minimum Gasteiger partial charge on any atom is -0.450 e. The third-order valence-corrected chi connectivity index (χ3v) is 6.86. The average molecular weight is 543 g/mol. The van der Waals surface area contributed by atoms with Crippen molar-refractivity contribution in [1.29, 1.82) is 0 Å². The van der Waals surface area contributed by atoms with Gasteiger partial charge >= 0.3 is 6.18 Å². The fourth-order valence-electron chi connectivity index (χ4n) is 4.65. The van der Waals surface area contributed by atoms with E-state index in [1.54, 1.807) is 47.0 Å². The van der Waals surface area contributed by atoms with Gasteiger partial charge in [-0.3, -0.25) is 9.88 Å². The van der Waals surface area contributed by atoms with Crippen molar-refractivity contribution in [1.82, 2.24) is 34.0 Å². The molecule has 0 amide bonds. The summed E-state index contributed by atoms with van der Waals surface area (Å²) >= 11 is 6.69. The molecule has 13 heteroatoms. The zero-order valence-electron chi connectivity index (χ0n) is 20.2. The normalized spacial score (nSPS) is 14.6. The molecule has 9 nitrogen and oxygen atoms in total. The van der Waals surface area contributed by atoms with Crippen LogP contribution in [-0.2, 0) is 19.8 Å². The molecule has 0 radical (unpaired) electrons. The third-order valence-electron chi connectivity index (χ3n) is 6.50. The van der Waals surface area contributed by atoms with Crippen LogP contribution in [0, 0.1) is 0 Å². The van der Waals surface area contributed by atoms with Crippen LogP contribution in [0.4, 0.5) is 24.8 Å². The van der Waals surface area contributed by atoms with Gasteiger partial charge in [0.05, 0.1) is 24.2 Å². The van der Waals surface area contributed by atoms with E-state index in [2.05, 4.69) is 30.3 Å². The Bertz CT molecular complexity index is 1640. The van der Waals surface area contributed by atoms with Crippen molar-refractivity contribution >= 4 is 39.9 Å². The minimum atomic E-state index is -4.48. The number of likely N-dealkylation sites (tertiary alicyclic amines) is 1. The number of imidazole rings is 1. The van der Waals surface area contributed by atoms with Gasteiger partial charge in [0.15, 0.2) is 17.1 Å². The lowest BCUT2D eigenvalue weighted by Gasteiger charge is -2.18. The molecule has 0 unspecified atom stereocenters. The van der Waals surface area contributed by atoms with Gasteiger partial charge < -0.3 is 14.6 Å². The second-order valence-corrected chi connectivity index (χ2v) is 9.52. The molecule has 1 fully saturated rings. The number of hydrogen-bond acceptors (Lipinski definition) is 7. The number of alkyl halides is 3. The first-order valence-electron chi connectivity index (χ1n) is 11.9. The van der Waals surface area contributed by atoms with E-state index in [0.717, 1.165) is 32.0 Å². The number of hydrogen-bond donors (Lipinski definition) is 1. The number of rotatable bonds is 6. The van der Waals surface area contributed by atoms with E-state index in [4.69, 9.17) is 16.3 Å². The molecule has 1 aromatic carbocycles. The summed E-state index contributed by atoms with van der Waals surface area (Å²) in [7, 11) is 1.70. The van der Waals surface area contributed by atoms with E-state index in [-0.39, 0.29) is 22.4 Å². The summed E-state index contributed by atoms with van der Waals surface area (Å²) in [6.45, 7) is 2.21. The number of aromatic nitrogens is 6. The monoisotopic (exact) mass is 542 g/mol. The highest BCUT2D eigenvalue weighted by Crippen LogP contribution is 2.37. The molecule has 38 heavy (non-hydrogen) atoms. The zero-order valence-corrected chi connectivity index (χ0v) is 21.0. The molecule has 0 saturated carbocycles. The van der Waals surface area contributed by atoms with Crippen LogP contribution in [0.1, 0.15) is 24.0 Å². The second-order valence-electron chi connectivity index (χ2n) is 9.14. The highest BCUT2D eigenvalue weighted by atomic mass is 35.5. The number of nitrogens with zero attached hydrogens (tertiary/aromatic N) is 7. The smallest absolute Gasteiger partial charge is 0.416 e. The van der Waals surface area contributed by atoms with Crippen molar-refractivity contribution in [2.45, 2.75) is 25.6 Å². The van der Waals surface area contributed by atoms with E-state index in [0.29, 0.717) is 34.5 Å². The second kappa shape index (κ2) is 9.44. The molecule has 0 bridgehead atoms. The lowest BCUT2D eigenvalue weighted by Crippen LogP contribution is -2.19. The number of nitrogens with one attached hydrogen (secondary N) is 1. The Hall–Kier alpha value is -3.90. The van der Waals surface area contributed by atoms with Crippen LogP contribution in [0.15, 0.2) is 49.2 Å². The molecular formula is C25H22ClF3N8O. The van der Waals surface area contributed by atoms with Gasteiger partial charge in [0.25, 0.3) is 0 Å². The molecule has 0 atom stereocenters. The predicted molar refractivity (Wildman–Crippen MR) is 136 cm³/mol. The summed E-state index contributed by atoms with van der Waals surface area (Å²) in [6.07, 6.45) is 5.52. The molecule has 5 heterocycles. The van der Waals surface area contributed by atoms with Gasteiger partial charge in [-0.2, -0.15) is 23.3 Å². The van der Waals surface area contributed by atoms with Crippen molar-refractivity contribution in [3.05, 3.63) is 65.3 Å². The maximum absolute atomic E-state index is 13.7. The Morgan fingerprint density at radius 3 is 2.68 bits per heavy atom. The molecule has 1 saturated heterocycles. The van der Waals surface area contributed by atoms with Crippen molar-refractivity contribution in [3.8, 4) is 11.5 Å². The summed E-state index contributed by atoms with van der Waals surface area (Å²) in [6, 6.07) is 4.00. The van der Waals surface area contributed by atoms with Crippen molar-refractivity contribution < 1.29 is 17.9 Å². The number of benzene rings is 1. The molecular weight excluding hydrogens is 521 g/mol. The lowest BCUT2D eigenvalue weighted by molar-refractivity contribution is -0.137. The molecule has 1 aliphatic rings. The van der Waals surface area contributed by atoms with Crippen LogP contribution in [0.3, 0.4) is 0 Å². The minimum absolute atomic E-state index is 0.250. The number of ether oxygens (including phenoxy) is 1. The first kappa shape index (κ1) is 24.4. The number of fused-ring (bicyclic) bond motifs is 2. The van der Waals surface area contributed by atoms with Crippen LogP contribution >= 0.6 is 11.6 Å². The highest BCUT2D eigenvalue weighted by molar-refractivity contribution is 6.36. The Balaban J connectivity index is 1.33. The number of pyridine rings is 1. The lowest BCUT2D eigenvalue weighted by atomic mass is 10.1. The SMILES string of the molecule is Cn1c(Nc2cc(CN3CCCC3)cc(C(F)(F)F)c2)nc2ncc(Oc3cnn4ccncc34)c(Cl)c21. The van der Waals surface area contributed by atoms with Crippen LogP contribution in [0.5, 0.6) is 11.5 Å². The fraction of sp³-hybridized carbons (Fsp3) is 0.280. The molecule has 0 spiro atoms. The van der Waals surface area contributed by atoms with E-state index in [9.17, 15) is 13.2 Å². The molecule has 1 aliphatic heterocycles. The summed E-state index contributed by atoms with van der Waals surface area (Å²) in [5, 5.41) is 7.49. The molecule has 6 rings (SSSR count). The molecule has 5 aromatic rings. The largest absolute Gasteiger partial charge is 0.450 e. The van der Waals surface area contributed by atoms with Gasteiger partial charge in [0.1, 0.15) is 16.1 Å². The number of aryl methyl sites for hydroxylation is 1. The van der Waals surface area contributed by atoms with Gasteiger partial charge in [-0.15, -0.1) is 0 Å². The van der Waals surface area contributed by atoms with Crippen molar-refractivity contribution in [3.63, 3.8) is 0 Å². The van der Waals surface area contributed by atoms with Gasteiger partial charge in [0.2, 0.25) is 5.95 Å². The van der Waals surface area contributed by atoms with Gasteiger partial charge in [0, 0.05) is 31.7 Å². The highest BCUT2D eigenvalue weighted by Gasteiger charge is 2.31. The summed E-state index contributed by atoms with van der Waals surface area (Å²) in [4.78, 5) is 15.1. The van der Waals surface area contributed by atoms with Crippen molar-refractivity contribution in [2.24, 2.45) is 7.05 Å². The van der Waals surface area contributed by atoms with Crippen molar-refractivity contribution in [2.75, 3.05) is 18.4 Å². The van der Waals surface area contributed by atoms with Crippen LogP contribution in [0.25, 0.3) is 16.7 Å². The molecule has 0 aliphatic carbocycles. The van der Waals surface area contributed by atoms with Gasteiger partial charge in [-0.05, 0) is 49.7 Å². The Morgan fingerprint density at radius 1 is 1.08 bits per heavy atom. The predicted octanol–water partition coefficient (Wildman–Crippen LogP) is 5.81. The standard InChI is InChI=1S/C25H22ClF3N8O/c1-35-22-21(26)20(38-19-13-32-37-7-4-30-11-18(19)37)12-31-23(22)34-24(35)33-17-9-15(14-36-5-2-3-6-36)8-16(10-17)25(27,28)29/h4,7-13H,2-3,5-6,14H2,1H3,(H,31,33,34). The maximum Gasteiger partial charge on any atom is 0.416 e. The average Bonchev–Trinajstić information content (AvgIpc) is 3.61. The van der Waals surface area contributed by atoms with Crippen LogP contribution < -0.4 is 10.1 Å². The van der Waals surface area contributed by atoms with E-state index in [1.807, 2.05) is 0 Å². The van der Waals surface area contributed by atoms with Gasteiger partial charge in [-0.1, -0.05) is 11.6 Å². The Labute approximate surface area is 219 Å². The molecule has 196 valence electrons. The van der Waals surface area contributed by atoms with E-state index >= 15 is 0 Å². The molecule has 4 aromatic heterocycles. The topological polar surface area (TPSA) is 85.4 Å². The number of halogens is 4. The maximum atomic E-state index is 13.7. The first-order valence-corrected chi connectivity index (χ1v) is 12.3. The fourth-order valence-corrected chi connectivity index (χ4v) is 4.95. The third kappa shape index (κ3) is 4.61. The van der Waals surface area contributed by atoms with E-state index in [1.165, 1.54) is 12.3 Å². The summed E-state index contributed by atoms with van der Waals surface area (Å²) in [5.74, 6) is 1.01. The van der Waals surface area contributed by atoms with Crippen LogP contribution in [0.2, 0.25) is 5.02 Å².